The molecule has 1 rings (SSSR count). The molecule has 0 bridgehead atoms. The Labute approximate surface area is 132 Å². The Kier molecular flexibility index (Phi) is 48.8. The van der Waals surface area contributed by atoms with Crippen molar-refractivity contribution in [2.45, 2.75) is 13.3 Å². The third kappa shape index (κ3) is 31.3. The minimum absolute atomic E-state index is 0. The topological polar surface area (TPSA) is 0 Å². The molecule has 0 N–H and O–H groups in total. The predicted octanol–water partition coefficient (Wildman–Crippen LogP) is -6.13. The van der Waals surface area contributed by atoms with Crippen molar-refractivity contribution >= 4 is 19.8 Å². The third-order valence-electron chi connectivity index (χ3n) is 1.03. The molecule has 0 amide bonds. The van der Waals surface area contributed by atoms with E-state index >= 15 is 0 Å². The van der Waals surface area contributed by atoms with Gasteiger partial charge in [0.2, 0.25) is 0 Å². The molecule has 1 aliphatic rings. The molecule has 1 radical (unpaired) electrons. The second-order valence-electron chi connectivity index (χ2n) is 2.26. The molecule has 0 saturated heterocycles. The Hall–Kier alpha value is 1.27. The molecular weight excluding hydrogens is 349 g/mol. The van der Waals surface area contributed by atoms with E-state index in [2.05, 4.69) is 31.2 Å². The van der Waals surface area contributed by atoms with Gasteiger partial charge in [0.1, 0.15) is 0 Å². The molecule has 0 heterocycles. The zero-order valence-corrected chi connectivity index (χ0v) is 14.3. The van der Waals surface area contributed by atoms with Gasteiger partial charge in [-0.2, -0.15) is 20.2 Å². The van der Waals surface area contributed by atoms with Crippen molar-refractivity contribution in [1.82, 2.24) is 0 Å². The van der Waals surface area contributed by atoms with Crippen LogP contribution in [0.5, 0.6) is 0 Å². The van der Waals surface area contributed by atoms with Crippen molar-refractivity contribution in [3.8, 4) is 0 Å². The minimum Gasteiger partial charge on any atom is -1.00 e. The number of halogens is 3. The van der Waals surface area contributed by atoms with E-state index in [0.717, 1.165) is 12.6 Å². The first-order chi connectivity index (χ1) is 5.27. The Balaban J connectivity index is -0.0000000352. The van der Waals surface area contributed by atoms with Crippen LogP contribution in [0.2, 0.25) is 0 Å². The molecule has 0 aromatic carbocycles. The van der Waals surface area contributed by atoms with E-state index < -0.39 is 0 Å². The standard InChI is InChI=1S/C5H10P.C5H5.3ClH.Zr/c1-4-5-6(2)3;1-2-4-5-3-1;;;;/h4H,2-3,5H2,1H3;1-3H,4H2;3*1H;/q2*-1;;;;+3/p-3. The van der Waals surface area contributed by atoms with E-state index in [1.54, 1.807) is 0 Å². The predicted molar refractivity (Wildman–Crippen MR) is 57.6 cm³/mol. The van der Waals surface area contributed by atoms with Crippen molar-refractivity contribution in [2.75, 3.05) is 6.16 Å². The van der Waals surface area contributed by atoms with Crippen LogP contribution in [0.4, 0.5) is 0 Å². The summed E-state index contributed by atoms with van der Waals surface area (Å²) in [6, 6.07) is 0. The van der Waals surface area contributed by atoms with Crippen LogP contribution in [0, 0.1) is 12.5 Å². The summed E-state index contributed by atoms with van der Waals surface area (Å²) in [4.78, 5) is 0. The molecule has 5 heteroatoms. The molecule has 0 saturated carbocycles. The molecule has 87 valence electrons. The SMILES string of the molecule is C=P(=C)C[CH-]C.[C-]1=CC=CC1.[Cl-].[Cl-].[Cl-].[Zr+3]. The summed E-state index contributed by atoms with van der Waals surface area (Å²) in [7, 11) is -0.156. The van der Waals surface area contributed by atoms with Crippen molar-refractivity contribution in [3.63, 3.8) is 0 Å². The Morgan fingerprint density at radius 1 is 1.33 bits per heavy atom. The van der Waals surface area contributed by atoms with Gasteiger partial charge in [-0.15, -0.1) is 12.6 Å². The van der Waals surface area contributed by atoms with Gasteiger partial charge in [-0.1, -0.05) is 12.6 Å². The van der Waals surface area contributed by atoms with E-state index in [-0.39, 0.29) is 70.6 Å². The van der Waals surface area contributed by atoms with Crippen molar-refractivity contribution in [2.24, 2.45) is 0 Å². The van der Waals surface area contributed by atoms with E-state index in [0.29, 0.717) is 0 Å². The molecule has 0 atom stereocenters. The number of hydrogen-bond donors (Lipinski definition) is 0. The molecule has 0 aromatic heterocycles. The quantitative estimate of drug-likeness (QED) is 0.338. The van der Waals surface area contributed by atoms with Gasteiger partial charge in [0.25, 0.3) is 0 Å². The van der Waals surface area contributed by atoms with Crippen molar-refractivity contribution < 1.29 is 63.4 Å². The van der Waals surface area contributed by atoms with Gasteiger partial charge in [-0.25, -0.2) is 12.2 Å². The van der Waals surface area contributed by atoms with Crippen LogP contribution in [0.1, 0.15) is 13.3 Å². The monoisotopic (exact) mass is 361 g/mol. The van der Waals surface area contributed by atoms with Crippen LogP contribution in [0.15, 0.2) is 18.2 Å². The first-order valence-corrected chi connectivity index (χ1v) is 5.55. The average Bonchev–Trinajstić information content (AvgIpc) is 2.41. The van der Waals surface area contributed by atoms with Gasteiger partial charge < -0.3 is 43.6 Å². The van der Waals surface area contributed by atoms with Crippen LogP contribution < -0.4 is 37.2 Å². The normalized spacial score (nSPS) is 9.13. The smallest absolute Gasteiger partial charge is 1.00 e. The molecule has 0 fully saturated rings. The maximum Gasteiger partial charge on any atom is 3.00 e. The minimum atomic E-state index is -0.156. The molecule has 0 unspecified atom stereocenters. The molecule has 0 aromatic rings. The summed E-state index contributed by atoms with van der Waals surface area (Å²) in [5.74, 6) is 0. The zero-order chi connectivity index (χ0) is 8.53. The molecule has 1 aliphatic carbocycles. The van der Waals surface area contributed by atoms with Gasteiger partial charge in [-0.3, -0.25) is 6.08 Å². The fourth-order valence-corrected chi connectivity index (χ4v) is 1.11. The molecule has 15 heavy (non-hydrogen) atoms. The maximum atomic E-state index is 3.75. The van der Waals surface area contributed by atoms with Gasteiger partial charge >= 0.3 is 26.2 Å². The number of hydrogen-bond acceptors (Lipinski definition) is 0. The Bertz CT molecular complexity index is 193. The third-order valence-corrected chi connectivity index (χ3v) is 1.91. The number of allylic oxidation sites excluding steroid dienone is 4. The maximum absolute atomic E-state index is 3.75. The Morgan fingerprint density at radius 2 is 1.87 bits per heavy atom. The second kappa shape index (κ2) is 24.5. The fraction of sp³-hybridized carbons (Fsp3) is 0.300. The van der Waals surface area contributed by atoms with Crippen LogP contribution in [0.25, 0.3) is 0 Å². The van der Waals surface area contributed by atoms with Crippen LogP contribution in [-0.2, 0) is 26.2 Å². The first-order valence-electron chi connectivity index (χ1n) is 3.65. The summed E-state index contributed by atoms with van der Waals surface area (Å²) in [6.45, 7) is 2.03. The van der Waals surface area contributed by atoms with Gasteiger partial charge in [0, 0.05) is 0 Å². The summed E-state index contributed by atoms with van der Waals surface area (Å²) in [5, 5.41) is 0. The van der Waals surface area contributed by atoms with Gasteiger partial charge in [-0.05, 0) is 0 Å². The summed E-state index contributed by atoms with van der Waals surface area (Å²) < 4.78 is 0. The molecule has 0 spiro atoms. The van der Waals surface area contributed by atoms with E-state index in [9.17, 15) is 0 Å². The largest absolute Gasteiger partial charge is 3.00 e. The molecule has 0 aliphatic heterocycles. The van der Waals surface area contributed by atoms with Gasteiger partial charge in [0.05, 0.1) is 0 Å². The molecule has 0 nitrogen and oxygen atoms in total. The summed E-state index contributed by atoms with van der Waals surface area (Å²) >= 11 is 0. The van der Waals surface area contributed by atoms with Crippen molar-refractivity contribution in [1.29, 1.82) is 0 Å². The fourth-order valence-electron chi connectivity index (χ4n) is 0.598. The van der Waals surface area contributed by atoms with Crippen LogP contribution in [0.3, 0.4) is 0 Å². The van der Waals surface area contributed by atoms with Crippen LogP contribution >= 0.6 is 7.17 Å². The van der Waals surface area contributed by atoms with Crippen LogP contribution in [-0.4, -0.2) is 18.8 Å². The second-order valence-corrected chi connectivity index (χ2v) is 3.97. The Morgan fingerprint density at radius 3 is 1.93 bits per heavy atom. The van der Waals surface area contributed by atoms with Gasteiger partial charge in [0.15, 0.2) is 0 Å². The first kappa shape index (κ1) is 29.9. The van der Waals surface area contributed by atoms with E-state index in [4.69, 9.17) is 0 Å². The summed E-state index contributed by atoms with van der Waals surface area (Å²) in [6.07, 6.45) is 20.7. The summed E-state index contributed by atoms with van der Waals surface area (Å²) in [5.41, 5.74) is 0. The van der Waals surface area contributed by atoms with E-state index in [1.165, 1.54) is 0 Å². The number of rotatable bonds is 2. The zero-order valence-electron chi connectivity index (χ0n) is 8.72. The van der Waals surface area contributed by atoms with Crippen molar-refractivity contribution in [3.05, 3.63) is 30.7 Å². The van der Waals surface area contributed by atoms with E-state index in [1.807, 2.05) is 19.1 Å². The average molecular weight is 364 g/mol. The molecular formula is C10H15Cl3PZr-2.